The number of rotatable bonds is 3. The van der Waals surface area contributed by atoms with Crippen LogP contribution >= 0.6 is 0 Å². The molecule has 1 fully saturated rings. The highest BCUT2D eigenvalue weighted by Crippen LogP contribution is 2.50. The minimum atomic E-state index is 0.0973. The van der Waals surface area contributed by atoms with E-state index in [0.717, 1.165) is 43.7 Å². The molecule has 34 heavy (non-hydrogen) atoms. The van der Waals surface area contributed by atoms with E-state index < -0.39 is 0 Å². The van der Waals surface area contributed by atoms with Crippen molar-refractivity contribution in [1.29, 1.82) is 5.26 Å². The second-order valence-corrected chi connectivity index (χ2v) is 9.37. The van der Waals surface area contributed by atoms with Gasteiger partial charge in [-0.1, -0.05) is 43.0 Å². The van der Waals surface area contributed by atoms with Crippen LogP contribution in [0.2, 0.25) is 0 Å². The molecule has 2 aromatic carbocycles. The van der Waals surface area contributed by atoms with Crippen molar-refractivity contribution in [2.24, 2.45) is 11.1 Å². The molecule has 7 heteroatoms. The van der Waals surface area contributed by atoms with Crippen LogP contribution in [0.3, 0.4) is 0 Å². The summed E-state index contributed by atoms with van der Waals surface area (Å²) in [4.78, 5) is 11.8. The lowest BCUT2D eigenvalue weighted by atomic mass is 9.73. The summed E-state index contributed by atoms with van der Waals surface area (Å²) in [5.41, 5.74) is 13.7. The van der Waals surface area contributed by atoms with Gasteiger partial charge in [-0.3, -0.25) is 5.10 Å². The number of nitriles is 1. The maximum atomic E-state index is 9.19. The zero-order valence-corrected chi connectivity index (χ0v) is 18.8. The van der Waals surface area contributed by atoms with E-state index in [9.17, 15) is 5.26 Å². The van der Waals surface area contributed by atoms with Crippen molar-refractivity contribution in [2.45, 2.75) is 25.3 Å². The fourth-order valence-electron chi connectivity index (χ4n) is 5.56. The van der Waals surface area contributed by atoms with E-state index in [1.807, 2.05) is 18.3 Å². The SMILES string of the molecule is C=C(c1cccc(C#N)c1)c1n[nH]c2nc(N3CCC4(CC3)Cc3ccccc3[C@H]4N)cnc12. The lowest BCUT2D eigenvalue weighted by Crippen LogP contribution is -2.44. The summed E-state index contributed by atoms with van der Waals surface area (Å²) in [6.07, 6.45) is 4.94. The number of nitrogens with one attached hydrogen (secondary N) is 1. The maximum absolute atomic E-state index is 9.19. The van der Waals surface area contributed by atoms with Crippen molar-refractivity contribution in [3.8, 4) is 6.07 Å². The molecule has 0 unspecified atom stereocenters. The number of nitrogens with two attached hydrogens (primary N) is 1. The number of fused-ring (bicyclic) bond motifs is 2. The molecule has 168 valence electrons. The Labute approximate surface area is 198 Å². The van der Waals surface area contributed by atoms with Gasteiger partial charge < -0.3 is 10.6 Å². The predicted octanol–water partition coefficient (Wildman–Crippen LogP) is 4.13. The largest absolute Gasteiger partial charge is 0.355 e. The zero-order chi connectivity index (χ0) is 23.3. The van der Waals surface area contributed by atoms with Gasteiger partial charge in [-0.05, 0) is 53.5 Å². The average molecular weight is 448 g/mol. The molecule has 1 aliphatic heterocycles. The zero-order valence-electron chi connectivity index (χ0n) is 18.8. The van der Waals surface area contributed by atoms with E-state index >= 15 is 0 Å². The number of aromatic nitrogens is 4. The van der Waals surface area contributed by atoms with Gasteiger partial charge in [-0.2, -0.15) is 10.4 Å². The van der Waals surface area contributed by atoms with Crippen LogP contribution in [-0.2, 0) is 6.42 Å². The highest BCUT2D eigenvalue weighted by atomic mass is 15.2. The quantitative estimate of drug-likeness (QED) is 0.489. The van der Waals surface area contributed by atoms with Gasteiger partial charge in [0, 0.05) is 24.7 Å². The first-order valence-electron chi connectivity index (χ1n) is 11.6. The summed E-state index contributed by atoms with van der Waals surface area (Å²) >= 11 is 0. The molecule has 0 amide bonds. The molecule has 1 saturated heterocycles. The number of H-pyrrole nitrogens is 1. The van der Waals surface area contributed by atoms with E-state index in [0.29, 0.717) is 28.0 Å². The Balaban J connectivity index is 1.22. The van der Waals surface area contributed by atoms with Gasteiger partial charge in [0.1, 0.15) is 17.0 Å². The van der Waals surface area contributed by atoms with Crippen LogP contribution in [0.5, 0.6) is 0 Å². The first kappa shape index (κ1) is 20.6. The Morgan fingerprint density at radius 2 is 2.00 bits per heavy atom. The molecule has 4 aromatic rings. The molecule has 2 aromatic heterocycles. The molecule has 6 rings (SSSR count). The first-order chi connectivity index (χ1) is 16.6. The molecule has 0 bridgehead atoms. The second kappa shape index (κ2) is 7.79. The Hall–Kier alpha value is -4.02. The third-order valence-electron chi connectivity index (χ3n) is 7.56. The van der Waals surface area contributed by atoms with Crippen molar-refractivity contribution < 1.29 is 0 Å². The summed E-state index contributed by atoms with van der Waals surface area (Å²) in [7, 11) is 0. The number of hydrogen-bond acceptors (Lipinski definition) is 6. The predicted molar refractivity (Wildman–Crippen MR) is 132 cm³/mol. The van der Waals surface area contributed by atoms with Gasteiger partial charge in [-0.25, -0.2) is 9.97 Å². The van der Waals surface area contributed by atoms with Crippen LogP contribution in [0.25, 0.3) is 16.7 Å². The number of benzene rings is 2. The fourth-order valence-corrected chi connectivity index (χ4v) is 5.56. The molecule has 2 aliphatic rings. The highest BCUT2D eigenvalue weighted by molar-refractivity contribution is 5.90. The Bertz CT molecular complexity index is 1450. The Morgan fingerprint density at radius 3 is 2.79 bits per heavy atom. The first-order valence-corrected chi connectivity index (χ1v) is 11.6. The van der Waals surface area contributed by atoms with Gasteiger partial charge in [0.25, 0.3) is 0 Å². The van der Waals surface area contributed by atoms with Gasteiger partial charge in [0.05, 0.1) is 17.8 Å². The molecule has 7 nitrogen and oxygen atoms in total. The molecule has 0 radical (unpaired) electrons. The number of anilines is 1. The van der Waals surface area contributed by atoms with Crippen molar-refractivity contribution in [1.82, 2.24) is 20.2 Å². The molecular weight excluding hydrogens is 422 g/mol. The smallest absolute Gasteiger partial charge is 0.177 e. The van der Waals surface area contributed by atoms with E-state index in [4.69, 9.17) is 15.7 Å². The van der Waals surface area contributed by atoms with E-state index in [2.05, 4.69) is 52.0 Å². The van der Waals surface area contributed by atoms with Gasteiger partial charge in [0.2, 0.25) is 0 Å². The number of hydrogen-bond donors (Lipinski definition) is 2. The summed E-state index contributed by atoms with van der Waals surface area (Å²) in [6, 6.07) is 18.2. The molecule has 3 N–H and O–H groups in total. The van der Waals surface area contributed by atoms with Gasteiger partial charge >= 0.3 is 0 Å². The highest BCUT2D eigenvalue weighted by Gasteiger charge is 2.45. The number of aromatic amines is 1. The van der Waals surface area contributed by atoms with Crippen LogP contribution in [0.1, 0.15) is 46.8 Å². The van der Waals surface area contributed by atoms with E-state index in [1.165, 1.54) is 11.1 Å². The standard InChI is InChI=1S/C27H25N7/c1-17(19-7-4-5-18(13-19)15-28)23-24-26(33-32-23)31-22(16-30-24)34-11-9-27(10-12-34)14-20-6-2-3-8-21(20)25(27)29/h2-8,13,16,25H,1,9-12,14,29H2,(H,31,32,33)/t25-/m1/s1. The van der Waals surface area contributed by atoms with Crippen LogP contribution in [0.4, 0.5) is 5.82 Å². The third kappa shape index (κ3) is 3.18. The van der Waals surface area contributed by atoms with Gasteiger partial charge in [-0.15, -0.1) is 0 Å². The topological polar surface area (TPSA) is 108 Å². The minimum Gasteiger partial charge on any atom is -0.355 e. The second-order valence-electron chi connectivity index (χ2n) is 9.37. The van der Waals surface area contributed by atoms with Crippen molar-refractivity contribution in [3.05, 3.63) is 89.3 Å². The summed E-state index contributed by atoms with van der Waals surface area (Å²) in [6.45, 7) is 5.99. The fraction of sp³-hybridized carbons (Fsp3) is 0.259. The molecule has 1 spiro atoms. The monoisotopic (exact) mass is 447 g/mol. The average Bonchev–Trinajstić information content (AvgIpc) is 3.43. The van der Waals surface area contributed by atoms with Crippen molar-refractivity contribution in [3.63, 3.8) is 0 Å². The summed E-state index contributed by atoms with van der Waals surface area (Å²) < 4.78 is 0. The number of piperidine rings is 1. The molecule has 1 atom stereocenters. The van der Waals surface area contributed by atoms with E-state index in [1.54, 1.807) is 12.1 Å². The molecule has 0 saturated carbocycles. The molecule has 1 aliphatic carbocycles. The molecule has 3 heterocycles. The van der Waals surface area contributed by atoms with Gasteiger partial charge in [0.15, 0.2) is 5.65 Å². The Morgan fingerprint density at radius 1 is 1.18 bits per heavy atom. The lowest BCUT2D eigenvalue weighted by Gasteiger charge is -2.42. The molecular formula is C27H25N7. The summed E-state index contributed by atoms with van der Waals surface area (Å²) in [5, 5.41) is 16.6. The Kier molecular flexibility index (Phi) is 4.71. The van der Waals surface area contributed by atoms with Crippen LogP contribution < -0.4 is 10.6 Å². The minimum absolute atomic E-state index is 0.0973. The third-order valence-corrected chi connectivity index (χ3v) is 7.56. The van der Waals surface area contributed by atoms with Crippen LogP contribution in [-0.4, -0.2) is 33.3 Å². The normalized spacial score (nSPS) is 18.7. The number of nitrogens with zero attached hydrogens (tertiary/aromatic N) is 5. The maximum Gasteiger partial charge on any atom is 0.177 e. The van der Waals surface area contributed by atoms with E-state index in [-0.39, 0.29) is 11.5 Å². The summed E-state index contributed by atoms with van der Waals surface area (Å²) in [5.74, 6) is 0.846. The van der Waals surface area contributed by atoms with Crippen molar-refractivity contribution >= 4 is 22.6 Å². The lowest BCUT2D eigenvalue weighted by molar-refractivity contribution is 0.187. The van der Waals surface area contributed by atoms with Crippen LogP contribution in [0.15, 0.2) is 61.3 Å². The van der Waals surface area contributed by atoms with Crippen LogP contribution in [0, 0.1) is 16.7 Å². The van der Waals surface area contributed by atoms with Crippen molar-refractivity contribution in [2.75, 3.05) is 18.0 Å².